The number of ether oxygens (including phenoxy) is 2. The molecule has 0 radical (unpaired) electrons. The van der Waals surface area contributed by atoms with Gasteiger partial charge in [-0.25, -0.2) is 4.98 Å². The maximum absolute atomic E-state index is 12.6. The van der Waals surface area contributed by atoms with Crippen molar-refractivity contribution >= 4 is 50.3 Å². The van der Waals surface area contributed by atoms with Crippen LogP contribution in [0.2, 0.25) is 0 Å². The SMILES string of the molecule is O=Cc1cccc(NC(=O)c2cc3cc4cc5c(cc4nc3s2)OCO5)c1. The molecule has 2 aromatic carbocycles. The summed E-state index contributed by atoms with van der Waals surface area (Å²) in [4.78, 5) is 29.4. The van der Waals surface area contributed by atoms with Crippen molar-refractivity contribution in [3.8, 4) is 11.5 Å². The summed E-state index contributed by atoms with van der Waals surface area (Å²) in [6, 6.07) is 14.3. The van der Waals surface area contributed by atoms with E-state index in [1.165, 1.54) is 11.3 Å². The van der Waals surface area contributed by atoms with Crippen molar-refractivity contribution in [2.75, 3.05) is 12.1 Å². The largest absolute Gasteiger partial charge is 0.454 e. The molecule has 6 nitrogen and oxygen atoms in total. The monoisotopic (exact) mass is 376 g/mol. The van der Waals surface area contributed by atoms with E-state index in [-0.39, 0.29) is 12.7 Å². The van der Waals surface area contributed by atoms with Gasteiger partial charge in [0.05, 0.1) is 10.4 Å². The van der Waals surface area contributed by atoms with Crippen LogP contribution in [0.4, 0.5) is 5.69 Å². The van der Waals surface area contributed by atoms with E-state index in [1.807, 2.05) is 24.3 Å². The van der Waals surface area contributed by atoms with Gasteiger partial charge in [-0.1, -0.05) is 12.1 Å². The molecule has 5 rings (SSSR count). The van der Waals surface area contributed by atoms with Crippen LogP contribution in [0.15, 0.2) is 48.5 Å². The first-order valence-corrected chi connectivity index (χ1v) is 9.02. The topological polar surface area (TPSA) is 77.5 Å². The van der Waals surface area contributed by atoms with E-state index in [9.17, 15) is 9.59 Å². The van der Waals surface area contributed by atoms with E-state index in [1.54, 1.807) is 24.3 Å². The fraction of sp³-hybridized carbons (Fsp3) is 0.0500. The molecular formula is C20H12N2O4S. The highest BCUT2D eigenvalue weighted by Gasteiger charge is 2.17. The molecule has 0 saturated heterocycles. The number of fused-ring (bicyclic) bond motifs is 3. The number of thiophene rings is 1. The quantitative estimate of drug-likeness (QED) is 0.541. The van der Waals surface area contributed by atoms with Gasteiger partial charge in [-0.3, -0.25) is 9.59 Å². The number of benzene rings is 2. The first kappa shape index (κ1) is 15.8. The molecular weight excluding hydrogens is 364 g/mol. The molecule has 0 atom stereocenters. The molecule has 1 N–H and O–H groups in total. The van der Waals surface area contributed by atoms with Crippen LogP contribution in [0.5, 0.6) is 11.5 Å². The van der Waals surface area contributed by atoms with Crippen molar-refractivity contribution in [1.82, 2.24) is 4.98 Å². The number of nitrogens with one attached hydrogen (secondary N) is 1. The lowest BCUT2D eigenvalue weighted by Crippen LogP contribution is -2.10. The predicted octanol–water partition coefficient (Wildman–Crippen LogP) is 4.24. The summed E-state index contributed by atoms with van der Waals surface area (Å²) in [5, 5.41) is 4.63. The van der Waals surface area contributed by atoms with Crippen LogP contribution < -0.4 is 14.8 Å². The molecule has 0 aliphatic carbocycles. The molecule has 2 aromatic heterocycles. The van der Waals surface area contributed by atoms with Crippen LogP contribution in [-0.4, -0.2) is 24.0 Å². The van der Waals surface area contributed by atoms with Gasteiger partial charge >= 0.3 is 0 Å². The molecule has 0 unspecified atom stereocenters. The molecule has 0 fully saturated rings. The molecule has 132 valence electrons. The zero-order valence-corrected chi connectivity index (χ0v) is 14.7. The van der Waals surface area contributed by atoms with Gasteiger partial charge in [-0.15, -0.1) is 11.3 Å². The lowest BCUT2D eigenvalue weighted by atomic mass is 10.1. The van der Waals surface area contributed by atoms with Crippen molar-refractivity contribution in [3.05, 3.63) is 59.0 Å². The number of carbonyl (C=O) groups is 2. The van der Waals surface area contributed by atoms with Gasteiger partial charge in [0.15, 0.2) is 11.5 Å². The Balaban J connectivity index is 1.50. The molecule has 0 bridgehead atoms. The van der Waals surface area contributed by atoms with Gasteiger partial charge in [0, 0.05) is 28.1 Å². The predicted molar refractivity (Wildman–Crippen MR) is 103 cm³/mol. The Morgan fingerprint density at radius 2 is 1.93 bits per heavy atom. The van der Waals surface area contributed by atoms with Gasteiger partial charge in [-0.05, 0) is 30.3 Å². The molecule has 1 aliphatic heterocycles. The highest BCUT2D eigenvalue weighted by Crippen LogP contribution is 2.37. The summed E-state index contributed by atoms with van der Waals surface area (Å²) in [7, 11) is 0. The van der Waals surface area contributed by atoms with E-state index in [0.717, 1.165) is 27.4 Å². The van der Waals surface area contributed by atoms with Crippen molar-refractivity contribution in [2.24, 2.45) is 0 Å². The molecule has 3 heterocycles. The fourth-order valence-corrected chi connectivity index (χ4v) is 3.93. The number of hydrogen-bond acceptors (Lipinski definition) is 6. The van der Waals surface area contributed by atoms with E-state index < -0.39 is 0 Å². The van der Waals surface area contributed by atoms with E-state index in [0.29, 0.717) is 27.6 Å². The molecule has 0 saturated carbocycles. The Kier molecular flexibility index (Phi) is 3.54. The molecule has 27 heavy (non-hydrogen) atoms. The first-order valence-electron chi connectivity index (χ1n) is 8.20. The minimum Gasteiger partial charge on any atom is -0.454 e. The number of aromatic nitrogens is 1. The summed E-state index contributed by atoms with van der Waals surface area (Å²) >= 11 is 1.32. The lowest BCUT2D eigenvalue weighted by molar-refractivity contribution is 0.102. The Morgan fingerprint density at radius 3 is 2.78 bits per heavy atom. The van der Waals surface area contributed by atoms with Crippen LogP contribution in [0.25, 0.3) is 21.1 Å². The Morgan fingerprint density at radius 1 is 1.07 bits per heavy atom. The third-order valence-corrected chi connectivity index (χ3v) is 5.34. The average molecular weight is 376 g/mol. The number of aldehydes is 1. The zero-order valence-electron chi connectivity index (χ0n) is 13.9. The maximum atomic E-state index is 12.6. The Bertz CT molecular complexity index is 1170. The molecule has 1 amide bonds. The Hall–Kier alpha value is -3.45. The van der Waals surface area contributed by atoms with Crippen molar-refractivity contribution in [1.29, 1.82) is 0 Å². The van der Waals surface area contributed by atoms with Crippen LogP contribution in [0.3, 0.4) is 0 Å². The van der Waals surface area contributed by atoms with Gasteiger partial charge in [-0.2, -0.15) is 0 Å². The van der Waals surface area contributed by atoms with E-state index >= 15 is 0 Å². The first-order chi connectivity index (χ1) is 13.2. The summed E-state index contributed by atoms with van der Waals surface area (Å²) in [6.07, 6.45) is 0.745. The highest BCUT2D eigenvalue weighted by molar-refractivity contribution is 7.20. The van der Waals surface area contributed by atoms with Crippen LogP contribution in [0, 0.1) is 0 Å². The number of amides is 1. The minimum absolute atomic E-state index is 0.218. The van der Waals surface area contributed by atoms with E-state index in [4.69, 9.17) is 9.47 Å². The number of rotatable bonds is 3. The fourth-order valence-electron chi connectivity index (χ4n) is 3.02. The third kappa shape index (κ3) is 2.78. The molecule has 4 aromatic rings. The summed E-state index contributed by atoms with van der Waals surface area (Å²) in [5.74, 6) is 1.14. The normalized spacial score (nSPS) is 12.4. The standard InChI is InChI=1S/C20H12N2O4S/c23-9-11-2-1-3-14(4-11)21-19(24)18-7-13-5-12-6-16-17(26-10-25-16)8-15(12)22-20(13)27-18/h1-9H,10H2,(H,21,24). The summed E-state index contributed by atoms with van der Waals surface area (Å²) in [6.45, 7) is 0.218. The second kappa shape index (κ2) is 6.07. The minimum atomic E-state index is -0.237. The Labute approximate surface area is 157 Å². The van der Waals surface area contributed by atoms with Crippen LogP contribution >= 0.6 is 11.3 Å². The van der Waals surface area contributed by atoms with Gasteiger partial charge in [0.25, 0.3) is 5.91 Å². The van der Waals surface area contributed by atoms with E-state index in [2.05, 4.69) is 10.3 Å². The van der Waals surface area contributed by atoms with Crippen molar-refractivity contribution < 1.29 is 19.1 Å². The van der Waals surface area contributed by atoms with Crippen LogP contribution in [0.1, 0.15) is 20.0 Å². The van der Waals surface area contributed by atoms with Crippen LogP contribution in [-0.2, 0) is 0 Å². The van der Waals surface area contributed by atoms with Gasteiger partial charge in [0.1, 0.15) is 11.1 Å². The smallest absolute Gasteiger partial charge is 0.265 e. The number of carbonyl (C=O) groups excluding carboxylic acids is 2. The second-order valence-electron chi connectivity index (χ2n) is 6.09. The molecule has 0 spiro atoms. The number of pyridine rings is 1. The van der Waals surface area contributed by atoms with Gasteiger partial charge in [0.2, 0.25) is 6.79 Å². The highest BCUT2D eigenvalue weighted by atomic mass is 32.1. The number of anilines is 1. The lowest BCUT2D eigenvalue weighted by Gasteiger charge is -2.03. The average Bonchev–Trinajstić information content (AvgIpc) is 3.30. The second-order valence-corrected chi connectivity index (χ2v) is 7.12. The number of nitrogens with zero attached hydrogens (tertiary/aromatic N) is 1. The van der Waals surface area contributed by atoms with Crippen molar-refractivity contribution in [3.63, 3.8) is 0 Å². The molecule has 1 aliphatic rings. The summed E-state index contributed by atoms with van der Waals surface area (Å²) < 4.78 is 10.8. The van der Waals surface area contributed by atoms with Crippen molar-refractivity contribution in [2.45, 2.75) is 0 Å². The van der Waals surface area contributed by atoms with Gasteiger partial charge < -0.3 is 14.8 Å². The number of hydrogen-bond donors (Lipinski definition) is 1. The third-order valence-electron chi connectivity index (χ3n) is 4.30. The zero-order chi connectivity index (χ0) is 18.4. The molecule has 7 heteroatoms. The summed E-state index contributed by atoms with van der Waals surface area (Å²) in [5.41, 5.74) is 1.87. The maximum Gasteiger partial charge on any atom is 0.265 e.